The Bertz CT molecular complexity index is 150. The molecule has 0 spiro atoms. The number of hydrogen-bond acceptors (Lipinski definition) is 1. The van der Waals surface area contributed by atoms with E-state index in [-0.39, 0.29) is 0 Å². The van der Waals surface area contributed by atoms with E-state index in [1.165, 1.54) is 19.3 Å². The van der Waals surface area contributed by atoms with Crippen LogP contribution in [0.3, 0.4) is 0 Å². The summed E-state index contributed by atoms with van der Waals surface area (Å²) in [5.41, 5.74) is 0.490. The van der Waals surface area contributed by atoms with Crippen molar-refractivity contribution in [1.82, 2.24) is 0 Å². The van der Waals surface area contributed by atoms with Gasteiger partial charge in [0.15, 0.2) is 0 Å². The van der Waals surface area contributed by atoms with Crippen LogP contribution in [0.15, 0.2) is 0 Å². The van der Waals surface area contributed by atoms with Gasteiger partial charge in [-0.25, -0.2) is 0 Å². The number of unbranched alkanes of at least 4 members (excludes halogenated alkanes) is 1. The fraction of sp³-hybridized carbons (Fsp3) is 0.909. The monoisotopic (exact) mass is 168 g/mol. The van der Waals surface area contributed by atoms with Crippen LogP contribution in [-0.4, -0.2) is 5.78 Å². The summed E-state index contributed by atoms with van der Waals surface area (Å²) in [6.07, 6.45) is 7.85. The van der Waals surface area contributed by atoms with Gasteiger partial charge in [0.25, 0.3) is 0 Å². The van der Waals surface area contributed by atoms with Gasteiger partial charge in [-0.1, -0.05) is 26.7 Å². The largest absolute Gasteiger partial charge is 0.300 e. The molecule has 0 N–H and O–H groups in total. The van der Waals surface area contributed by atoms with Crippen molar-refractivity contribution in [2.45, 2.75) is 58.8 Å². The first-order valence-electron chi connectivity index (χ1n) is 5.18. The average Bonchev–Trinajstić information content (AvgIpc) is 2.08. The first-order chi connectivity index (χ1) is 5.66. The minimum Gasteiger partial charge on any atom is -0.300 e. The van der Waals surface area contributed by atoms with Gasteiger partial charge in [-0.2, -0.15) is 0 Å². The molecule has 1 aliphatic rings. The molecule has 1 saturated carbocycles. The third-order valence-electron chi connectivity index (χ3n) is 3.15. The Balaban J connectivity index is 2.34. The minimum atomic E-state index is 0.476. The molecule has 1 nitrogen and oxygen atoms in total. The van der Waals surface area contributed by atoms with Crippen molar-refractivity contribution in [2.75, 3.05) is 0 Å². The zero-order valence-corrected chi connectivity index (χ0v) is 8.36. The van der Waals surface area contributed by atoms with Crippen molar-refractivity contribution in [3.8, 4) is 0 Å². The Hall–Kier alpha value is -0.330. The molecule has 1 rings (SSSR count). The summed E-state index contributed by atoms with van der Waals surface area (Å²) < 4.78 is 0. The molecule has 1 aliphatic carbocycles. The number of ketones is 1. The fourth-order valence-electron chi connectivity index (χ4n) is 1.99. The molecular formula is C11H20O. The molecule has 0 bridgehead atoms. The molecule has 0 unspecified atom stereocenters. The molecule has 0 aromatic carbocycles. The average molecular weight is 168 g/mol. The van der Waals surface area contributed by atoms with Gasteiger partial charge in [-0.05, 0) is 24.7 Å². The third kappa shape index (κ3) is 2.62. The molecule has 1 heteroatoms. The van der Waals surface area contributed by atoms with Gasteiger partial charge in [0, 0.05) is 12.8 Å². The highest BCUT2D eigenvalue weighted by molar-refractivity contribution is 5.79. The molecule has 0 atom stereocenters. The van der Waals surface area contributed by atoms with Gasteiger partial charge < -0.3 is 0 Å². The van der Waals surface area contributed by atoms with Gasteiger partial charge in [0.1, 0.15) is 5.78 Å². The molecule has 12 heavy (non-hydrogen) atoms. The second-order valence-electron chi connectivity index (χ2n) is 4.45. The Labute approximate surface area is 75.5 Å². The lowest BCUT2D eigenvalue weighted by Gasteiger charge is -2.32. The van der Waals surface area contributed by atoms with Crippen LogP contribution >= 0.6 is 0 Å². The Morgan fingerprint density at radius 2 is 1.92 bits per heavy atom. The SMILES string of the molecule is CCCCC1(C)CCC(=O)CC1. The second-order valence-corrected chi connectivity index (χ2v) is 4.45. The van der Waals surface area contributed by atoms with Crippen molar-refractivity contribution >= 4 is 5.78 Å². The zero-order valence-electron chi connectivity index (χ0n) is 8.36. The van der Waals surface area contributed by atoms with Crippen LogP contribution in [0, 0.1) is 5.41 Å². The predicted molar refractivity (Wildman–Crippen MR) is 51.1 cm³/mol. The molecule has 0 aromatic rings. The lowest BCUT2D eigenvalue weighted by atomic mass is 9.72. The Morgan fingerprint density at radius 3 is 2.42 bits per heavy atom. The van der Waals surface area contributed by atoms with Gasteiger partial charge in [-0.3, -0.25) is 4.79 Å². The molecule has 0 heterocycles. The van der Waals surface area contributed by atoms with E-state index < -0.39 is 0 Å². The minimum absolute atomic E-state index is 0.476. The van der Waals surface area contributed by atoms with Crippen LogP contribution in [0.2, 0.25) is 0 Å². The summed E-state index contributed by atoms with van der Waals surface area (Å²) >= 11 is 0. The summed E-state index contributed by atoms with van der Waals surface area (Å²) in [6, 6.07) is 0. The van der Waals surface area contributed by atoms with E-state index in [1.807, 2.05) is 0 Å². The molecule has 0 amide bonds. The summed E-state index contributed by atoms with van der Waals surface area (Å²) in [6.45, 7) is 4.58. The first-order valence-corrected chi connectivity index (χ1v) is 5.18. The molecule has 70 valence electrons. The lowest BCUT2D eigenvalue weighted by Crippen LogP contribution is -2.24. The highest BCUT2D eigenvalue weighted by Crippen LogP contribution is 2.38. The predicted octanol–water partition coefficient (Wildman–Crippen LogP) is 3.33. The number of Topliss-reactive ketones (excluding diaryl/α,β-unsaturated/α-hetero) is 1. The third-order valence-corrected chi connectivity index (χ3v) is 3.15. The maximum absolute atomic E-state index is 11.0. The van der Waals surface area contributed by atoms with Crippen LogP contribution in [0.4, 0.5) is 0 Å². The first kappa shape index (κ1) is 9.76. The number of carbonyl (C=O) groups excluding carboxylic acids is 1. The molecule has 0 aromatic heterocycles. The zero-order chi connectivity index (χ0) is 9.03. The van der Waals surface area contributed by atoms with Gasteiger partial charge >= 0.3 is 0 Å². The number of hydrogen-bond donors (Lipinski definition) is 0. The standard InChI is InChI=1S/C11H20O/c1-3-4-7-11(2)8-5-10(12)6-9-11/h3-9H2,1-2H3. The second kappa shape index (κ2) is 4.06. The molecule has 1 fully saturated rings. The normalized spacial score (nSPS) is 22.7. The molecule has 0 aliphatic heterocycles. The summed E-state index contributed by atoms with van der Waals surface area (Å²) in [5, 5.41) is 0. The topological polar surface area (TPSA) is 17.1 Å². The summed E-state index contributed by atoms with van der Waals surface area (Å²) in [5.74, 6) is 0.476. The number of rotatable bonds is 3. The Morgan fingerprint density at radius 1 is 1.33 bits per heavy atom. The van der Waals surface area contributed by atoms with Crippen molar-refractivity contribution in [1.29, 1.82) is 0 Å². The van der Waals surface area contributed by atoms with E-state index in [1.54, 1.807) is 0 Å². The van der Waals surface area contributed by atoms with Crippen molar-refractivity contribution in [3.05, 3.63) is 0 Å². The van der Waals surface area contributed by atoms with Gasteiger partial charge in [-0.15, -0.1) is 0 Å². The molecule has 0 saturated heterocycles. The van der Waals surface area contributed by atoms with Crippen LogP contribution in [0.25, 0.3) is 0 Å². The van der Waals surface area contributed by atoms with Crippen LogP contribution < -0.4 is 0 Å². The Kier molecular flexibility index (Phi) is 3.30. The van der Waals surface area contributed by atoms with E-state index in [9.17, 15) is 4.79 Å². The van der Waals surface area contributed by atoms with E-state index in [2.05, 4.69) is 13.8 Å². The molecule has 0 radical (unpaired) electrons. The molecular weight excluding hydrogens is 148 g/mol. The van der Waals surface area contributed by atoms with E-state index in [0.717, 1.165) is 25.7 Å². The highest BCUT2D eigenvalue weighted by atomic mass is 16.1. The maximum atomic E-state index is 11.0. The van der Waals surface area contributed by atoms with E-state index in [0.29, 0.717) is 11.2 Å². The van der Waals surface area contributed by atoms with Crippen LogP contribution in [0.1, 0.15) is 58.8 Å². The fourth-order valence-corrected chi connectivity index (χ4v) is 1.99. The van der Waals surface area contributed by atoms with Crippen molar-refractivity contribution in [2.24, 2.45) is 5.41 Å². The van der Waals surface area contributed by atoms with Gasteiger partial charge in [0.05, 0.1) is 0 Å². The van der Waals surface area contributed by atoms with Crippen LogP contribution in [-0.2, 0) is 4.79 Å². The maximum Gasteiger partial charge on any atom is 0.132 e. The highest BCUT2D eigenvalue weighted by Gasteiger charge is 2.28. The van der Waals surface area contributed by atoms with Crippen LogP contribution in [0.5, 0.6) is 0 Å². The van der Waals surface area contributed by atoms with Crippen molar-refractivity contribution < 1.29 is 4.79 Å². The van der Waals surface area contributed by atoms with Gasteiger partial charge in [0.2, 0.25) is 0 Å². The summed E-state index contributed by atoms with van der Waals surface area (Å²) in [7, 11) is 0. The smallest absolute Gasteiger partial charge is 0.132 e. The lowest BCUT2D eigenvalue weighted by molar-refractivity contribution is -0.122. The van der Waals surface area contributed by atoms with E-state index in [4.69, 9.17) is 0 Å². The summed E-state index contributed by atoms with van der Waals surface area (Å²) in [4.78, 5) is 11.0. The number of carbonyl (C=O) groups is 1. The van der Waals surface area contributed by atoms with E-state index >= 15 is 0 Å². The van der Waals surface area contributed by atoms with Crippen molar-refractivity contribution in [3.63, 3.8) is 0 Å². The quantitative estimate of drug-likeness (QED) is 0.631.